The van der Waals surface area contributed by atoms with E-state index in [2.05, 4.69) is 15.9 Å². The van der Waals surface area contributed by atoms with E-state index in [-0.39, 0.29) is 6.29 Å². The molecule has 1 aromatic heterocycles. The van der Waals surface area contributed by atoms with Gasteiger partial charge in [0.05, 0.1) is 3.79 Å². The molecule has 0 N–H and O–H groups in total. The van der Waals surface area contributed by atoms with Crippen molar-refractivity contribution in [3.05, 3.63) is 20.8 Å². The molecule has 4 heteroatoms. The maximum absolute atomic E-state index is 12.5. The van der Waals surface area contributed by atoms with Crippen LogP contribution >= 0.6 is 27.3 Å². The quantitative estimate of drug-likeness (QED) is 0.704. The van der Waals surface area contributed by atoms with E-state index in [1.54, 1.807) is 12.1 Å². The summed E-state index contributed by atoms with van der Waals surface area (Å²) in [7, 11) is 0. The van der Waals surface area contributed by atoms with Crippen molar-refractivity contribution in [1.29, 1.82) is 0 Å². The van der Waals surface area contributed by atoms with Gasteiger partial charge in [-0.25, -0.2) is 4.39 Å². The number of halogens is 2. The second kappa shape index (κ2) is 3.25. The molecule has 1 atom stereocenters. The molecule has 1 heterocycles. The highest BCUT2D eigenvalue weighted by atomic mass is 79.9. The highest BCUT2D eigenvalue weighted by Crippen LogP contribution is 2.27. The minimum Gasteiger partial charge on any atom is -0.300 e. The molecule has 0 aliphatic carbocycles. The molecular formula is C6H4BrFOS. The van der Waals surface area contributed by atoms with Gasteiger partial charge in [-0.1, -0.05) is 0 Å². The first-order chi connectivity index (χ1) is 4.74. The third-order valence-corrected chi connectivity index (χ3v) is 2.66. The third kappa shape index (κ3) is 1.64. The summed E-state index contributed by atoms with van der Waals surface area (Å²) in [5, 5.41) is 0. The second-order valence-electron chi connectivity index (χ2n) is 1.68. The summed E-state index contributed by atoms with van der Waals surface area (Å²) in [6.45, 7) is 0. The largest absolute Gasteiger partial charge is 0.300 e. The van der Waals surface area contributed by atoms with Gasteiger partial charge < -0.3 is 0 Å². The van der Waals surface area contributed by atoms with Gasteiger partial charge in [0.1, 0.15) is 0 Å². The molecule has 1 rings (SSSR count). The lowest BCUT2D eigenvalue weighted by molar-refractivity contribution is -0.112. The molecule has 0 aliphatic rings. The first-order valence-electron chi connectivity index (χ1n) is 2.58. The zero-order valence-electron chi connectivity index (χ0n) is 4.88. The Morgan fingerprint density at radius 3 is 2.80 bits per heavy atom. The molecular weight excluding hydrogens is 219 g/mol. The van der Waals surface area contributed by atoms with Crippen LogP contribution in [0.1, 0.15) is 11.0 Å². The molecule has 1 nitrogen and oxygen atoms in total. The van der Waals surface area contributed by atoms with Gasteiger partial charge in [0.2, 0.25) is 0 Å². The maximum atomic E-state index is 12.5. The summed E-state index contributed by atoms with van der Waals surface area (Å²) < 4.78 is 13.3. The molecule has 0 radical (unpaired) electrons. The van der Waals surface area contributed by atoms with E-state index in [1.807, 2.05) is 0 Å². The smallest absolute Gasteiger partial charge is 0.189 e. The van der Waals surface area contributed by atoms with E-state index in [0.717, 1.165) is 3.79 Å². The molecule has 1 aromatic rings. The van der Waals surface area contributed by atoms with Crippen LogP contribution in [-0.4, -0.2) is 6.29 Å². The Hall–Kier alpha value is -0.220. The van der Waals surface area contributed by atoms with Crippen LogP contribution in [0.3, 0.4) is 0 Å². The fourth-order valence-electron chi connectivity index (χ4n) is 0.544. The van der Waals surface area contributed by atoms with E-state index in [0.29, 0.717) is 4.88 Å². The zero-order valence-corrected chi connectivity index (χ0v) is 7.28. The summed E-state index contributed by atoms with van der Waals surface area (Å²) in [6.07, 6.45) is -1.17. The average molecular weight is 223 g/mol. The lowest BCUT2D eigenvalue weighted by Crippen LogP contribution is -1.86. The fraction of sp³-hybridized carbons (Fsp3) is 0.167. The van der Waals surface area contributed by atoms with Crippen molar-refractivity contribution < 1.29 is 9.18 Å². The van der Waals surface area contributed by atoms with E-state index in [9.17, 15) is 9.18 Å². The highest BCUT2D eigenvalue weighted by Gasteiger charge is 2.09. The summed E-state index contributed by atoms with van der Waals surface area (Å²) in [5.74, 6) is 0. The Balaban J connectivity index is 2.84. The monoisotopic (exact) mass is 222 g/mol. The number of carbonyl (C=O) groups is 1. The van der Waals surface area contributed by atoms with Crippen molar-refractivity contribution in [2.45, 2.75) is 6.17 Å². The van der Waals surface area contributed by atoms with Gasteiger partial charge in [0.25, 0.3) is 0 Å². The van der Waals surface area contributed by atoms with Crippen LogP contribution in [0.5, 0.6) is 0 Å². The number of rotatable bonds is 2. The number of thiophene rings is 1. The number of hydrogen-bond donors (Lipinski definition) is 0. The summed E-state index contributed by atoms with van der Waals surface area (Å²) in [6, 6.07) is 3.31. The van der Waals surface area contributed by atoms with E-state index < -0.39 is 6.17 Å². The predicted octanol–water partition coefficient (Wildman–Crippen LogP) is 2.72. The third-order valence-electron chi connectivity index (χ3n) is 0.985. The average Bonchev–Trinajstić information content (AvgIpc) is 2.34. The first-order valence-corrected chi connectivity index (χ1v) is 4.19. The van der Waals surface area contributed by atoms with Gasteiger partial charge in [-0.15, -0.1) is 11.3 Å². The van der Waals surface area contributed by atoms with Crippen molar-refractivity contribution in [2.75, 3.05) is 0 Å². The van der Waals surface area contributed by atoms with Crippen molar-refractivity contribution in [3.63, 3.8) is 0 Å². The normalized spacial score (nSPS) is 13.0. The topological polar surface area (TPSA) is 17.1 Å². The van der Waals surface area contributed by atoms with Gasteiger partial charge in [0.15, 0.2) is 12.5 Å². The standard InChI is InChI=1S/C6H4BrFOS/c7-6-2-1-5(10-6)4(8)3-9/h1-4H. The van der Waals surface area contributed by atoms with Gasteiger partial charge in [0, 0.05) is 4.88 Å². The van der Waals surface area contributed by atoms with Crippen LogP contribution in [-0.2, 0) is 4.79 Å². The van der Waals surface area contributed by atoms with Crippen molar-refractivity contribution in [3.8, 4) is 0 Å². The van der Waals surface area contributed by atoms with Crippen LogP contribution in [0.2, 0.25) is 0 Å². The highest BCUT2D eigenvalue weighted by molar-refractivity contribution is 9.11. The van der Waals surface area contributed by atoms with Crippen LogP contribution in [0, 0.1) is 0 Å². The molecule has 10 heavy (non-hydrogen) atoms. The molecule has 1 unspecified atom stereocenters. The van der Waals surface area contributed by atoms with E-state index in [4.69, 9.17) is 0 Å². The first kappa shape index (κ1) is 7.88. The SMILES string of the molecule is O=CC(F)c1ccc(Br)s1. The van der Waals surface area contributed by atoms with Crippen molar-refractivity contribution >= 4 is 33.6 Å². The minimum atomic E-state index is -1.46. The van der Waals surface area contributed by atoms with Gasteiger partial charge >= 0.3 is 0 Å². The molecule has 0 fully saturated rings. The van der Waals surface area contributed by atoms with E-state index >= 15 is 0 Å². The van der Waals surface area contributed by atoms with Crippen molar-refractivity contribution in [2.24, 2.45) is 0 Å². The Bertz CT molecular complexity index is 235. The number of hydrogen-bond acceptors (Lipinski definition) is 2. The summed E-state index contributed by atoms with van der Waals surface area (Å²) >= 11 is 4.40. The number of carbonyl (C=O) groups excluding carboxylic acids is 1. The minimum absolute atomic E-state index is 0.290. The predicted molar refractivity (Wildman–Crippen MR) is 41.9 cm³/mol. The Morgan fingerprint density at radius 1 is 1.70 bits per heavy atom. The van der Waals surface area contributed by atoms with E-state index in [1.165, 1.54) is 11.3 Å². The molecule has 0 aromatic carbocycles. The van der Waals surface area contributed by atoms with Crippen LogP contribution in [0.25, 0.3) is 0 Å². The van der Waals surface area contributed by atoms with Gasteiger partial charge in [-0.3, -0.25) is 4.79 Å². The lowest BCUT2D eigenvalue weighted by Gasteiger charge is -1.90. The summed E-state index contributed by atoms with van der Waals surface area (Å²) in [4.78, 5) is 10.4. The molecule has 0 amide bonds. The Kier molecular flexibility index (Phi) is 2.56. The second-order valence-corrected chi connectivity index (χ2v) is 4.17. The van der Waals surface area contributed by atoms with Crippen molar-refractivity contribution in [1.82, 2.24) is 0 Å². The van der Waals surface area contributed by atoms with Gasteiger partial charge in [-0.05, 0) is 28.1 Å². The van der Waals surface area contributed by atoms with Crippen LogP contribution in [0.15, 0.2) is 15.9 Å². The molecule has 0 bridgehead atoms. The van der Waals surface area contributed by atoms with Gasteiger partial charge in [-0.2, -0.15) is 0 Å². The zero-order chi connectivity index (χ0) is 7.56. The maximum Gasteiger partial charge on any atom is 0.189 e. The molecule has 0 saturated heterocycles. The van der Waals surface area contributed by atoms with Crippen LogP contribution < -0.4 is 0 Å². The molecule has 0 aliphatic heterocycles. The Morgan fingerprint density at radius 2 is 2.40 bits per heavy atom. The molecule has 54 valence electrons. The molecule has 0 spiro atoms. The fourth-order valence-corrected chi connectivity index (χ4v) is 1.90. The molecule has 0 saturated carbocycles. The van der Waals surface area contributed by atoms with Crippen LogP contribution in [0.4, 0.5) is 4.39 Å². The number of aldehydes is 1. The number of alkyl halides is 1. The summed E-state index contributed by atoms with van der Waals surface area (Å²) in [5.41, 5.74) is 0. The Labute approximate surface area is 70.0 Å². The lowest BCUT2D eigenvalue weighted by atomic mass is 10.3.